The van der Waals surface area contributed by atoms with Crippen LogP contribution in [0.25, 0.3) is 0 Å². The fourth-order valence-electron chi connectivity index (χ4n) is 3.26. The highest BCUT2D eigenvalue weighted by molar-refractivity contribution is 5.94. The molecule has 0 aromatic heterocycles. The number of nitrogens with one attached hydrogen (secondary N) is 1. The second kappa shape index (κ2) is 9.93. The molecular formula is C23H27NO4. The summed E-state index contributed by atoms with van der Waals surface area (Å²) in [4.78, 5) is 24.5. The molecule has 1 aliphatic rings. The fourth-order valence-corrected chi connectivity index (χ4v) is 3.26. The minimum atomic E-state index is -0.681. The van der Waals surface area contributed by atoms with E-state index in [1.165, 1.54) is 6.42 Å². The molecule has 0 aliphatic heterocycles. The van der Waals surface area contributed by atoms with Crippen molar-refractivity contribution in [3.8, 4) is 5.75 Å². The van der Waals surface area contributed by atoms with Gasteiger partial charge >= 0.3 is 5.97 Å². The van der Waals surface area contributed by atoms with E-state index < -0.39 is 6.10 Å². The highest BCUT2D eigenvalue weighted by atomic mass is 16.6. The van der Waals surface area contributed by atoms with Gasteiger partial charge in [0.1, 0.15) is 11.9 Å². The van der Waals surface area contributed by atoms with Crippen molar-refractivity contribution in [2.75, 3.05) is 0 Å². The molecule has 28 heavy (non-hydrogen) atoms. The molecule has 0 spiro atoms. The van der Waals surface area contributed by atoms with Crippen LogP contribution in [0.3, 0.4) is 0 Å². The van der Waals surface area contributed by atoms with Crippen LogP contribution in [-0.2, 0) is 16.1 Å². The zero-order valence-corrected chi connectivity index (χ0v) is 16.2. The number of carbonyl (C=O) groups is 2. The summed E-state index contributed by atoms with van der Waals surface area (Å²) in [6.45, 7) is 2.16. The second-order valence-electron chi connectivity index (χ2n) is 7.15. The predicted octanol–water partition coefficient (Wildman–Crippen LogP) is 4.26. The molecule has 1 aliphatic carbocycles. The Morgan fingerprint density at radius 3 is 2.36 bits per heavy atom. The number of benzene rings is 2. The predicted molar refractivity (Wildman–Crippen MR) is 107 cm³/mol. The largest absolute Gasteiger partial charge is 0.479 e. The second-order valence-corrected chi connectivity index (χ2v) is 7.15. The first-order valence-electron chi connectivity index (χ1n) is 9.91. The summed E-state index contributed by atoms with van der Waals surface area (Å²) in [7, 11) is 0. The van der Waals surface area contributed by atoms with E-state index in [1.807, 2.05) is 30.3 Å². The summed E-state index contributed by atoms with van der Waals surface area (Å²) < 4.78 is 11.2. The number of rotatable bonds is 7. The van der Waals surface area contributed by atoms with E-state index in [-0.39, 0.29) is 18.0 Å². The van der Waals surface area contributed by atoms with Crippen molar-refractivity contribution < 1.29 is 19.1 Å². The van der Waals surface area contributed by atoms with Gasteiger partial charge < -0.3 is 14.8 Å². The molecule has 0 saturated heterocycles. The van der Waals surface area contributed by atoms with Crippen molar-refractivity contribution in [3.05, 3.63) is 65.7 Å². The maximum absolute atomic E-state index is 12.3. The number of hydrogen-bond acceptors (Lipinski definition) is 4. The zero-order valence-electron chi connectivity index (χ0n) is 16.2. The van der Waals surface area contributed by atoms with Gasteiger partial charge in [-0.05, 0) is 62.4 Å². The van der Waals surface area contributed by atoms with Gasteiger partial charge in [-0.25, -0.2) is 4.79 Å². The summed E-state index contributed by atoms with van der Waals surface area (Å²) in [6.07, 6.45) is 4.65. The summed E-state index contributed by atoms with van der Waals surface area (Å²) in [5.41, 5.74) is 1.59. The molecule has 148 valence electrons. The van der Waals surface area contributed by atoms with Crippen molar-refractivity contribution in [2.45, 2.75) is 57.8 Å². The lowest BCUT2D eigenvalue weighted by Gasteiger charge is -2.23. The Kier molecular flexibility index (Phi) is 7.06. The van der Waals surface area contributed by atoms with E-state index >= 15 is 0 Å². The molecule has 0 heterocycles. The van der Waals surface area contributed by atoms with Gasteiger partial charge in [-0.2, -0.15) is 0 Å². The Balaban J connectivity index is 1.47. The Bertz CT molecular complexity index is 767. The average molecular weight is 381 g/mol. The van der Waals surface area contributed by atoms with E-state index in [0.29, 0.717) is 17.9 Å². The van der Waals surface area contributed by atoms with Crippen LogP contribution >= 0.6 is 0 Å². The molecule has 1 atom stereocenters. The van der Waals surface area contributed by atoms with Crippen LogP contribution in [0.4, 0.5) is 0 Å². The topological polar surface area (TPSA) is 64.6 Å². The van der Waals surface area contributed by atoms with E-state index in [1.54, 1.807) is 31.2 Å². The maximum Gasteiger partial charge on any atom is 0.347 e. The Morgan fingerprint density at radius 2 is 1.68 bits per heavy atom. The number of hydrogen-bond donors (Lipinski definition) is 1. The van der Waals surface area contributed by atoms with Gasteiger partial charge in [-0.15, -0.1) is 0 Å². The first kappa shape index (κ1) is 19.9. The maximum atomic E-state index is 12.3. The van der Waals surface area contributed by atoms with Gasteiger partial charge in [-0.3, -0.25) is 4.79 Å². The highest BCUT2D eigenvalue weighted by Gasteiger charge is 2.23. The van der Waals surface area contributed by atoms with Crippen molar-refractivity contribution in [1.82, 2.24) is 5.32 Å². The number of amides is 1. The molecule has 3 rings (SSSR count). The van der Waals surface area contributed by atoms with Crippen LogP contribution < -0.4 is 10.1 Å². The van der Waals surface area contributed by atoms with Crippen molar-refractivity contribution in [1.29, 1.82) is 0 Å². The highest BCUT2D eigenvalue weighted by Crippen LogP contribution is 2.21. The standard InChI is InChI=1S/C23H27NO4/c1-17(23(26)28-20-10-6-3-7-11-20)27-21-14-12-19(13-15-21)22(25)24-16-18-8-4-2-5-9-18/h2,4-5,8-9,12-15,17,20H,3,6-7,10-11,16H2,1H3,(H,24,25)/t17-/m0/s1. The SMILES string of the molecule is C[C@H](Oc1ccc(C(=O)NCc2ccccc2)cc1)C(=O)OC1CCCCC1. The third-order valence-corrected chi connectivity index (χ3v) is 4.89. The summed E-state index contributed by atoms with van der Waals surface area (Å²) in [5, 5.41) is 2.89. The summed E-state index contributed by atoms with van der Waals surface area (Å²) in [5.74, 6) is 0.0458. The quantitative estimate of drug-likeness (QED) is 0.728. The van der Waals surface area contributed by atoms with Crippen LogP contribution in [0.5, 0.6) is 5.75 Å². The molecule has 1 amide bonds. The minimum absolute atomic E-state index is 0.0167. The van der Waals surface area contributed by atoms with Crippen LogP contribution in [0.2, 0.25) is 0 Å². The lowest BCUT2D eigenvalue weighted by atomic mass is 9.98. The van der Waals surface area contributed by atoms with Gasteiger partial charge in [0.2, 0.25) is 0 Å². The molecule has 1 fully saturated rings. The molecule has 2 aromatic rings. The first-order chi connectivity index (χ1) is 13.6. The normalized spacial score (nSPS) is 15.5. The fraction of sp³-hybridized carbons (Fsp3) is 0.391. The minimum Gasteiger partial charge on any atom is -0.479 e. The molecule has 5 nitrogen and oxygen atoms in total. The Labute approximate surface area is 166 Å². The third-order valence-electron chi connectivity index (χ3n) is 4.89. The summed E-state index contributed by atoms with van der Waals surface area (Å²) >= 11 is 0. The summed E-state index contributed by atoms with van der Waals surface area (Å²) in [6, 6.07) is 16.5. The Hall–Kier alpha value is -2.82. The van der Waals surface area contributed by atoms with Gasteiger partial charge in [0.25, 0.3) is 5.91 Å². The van der Waals surface area contributed by atoms with Crippen molar-refractivity contribution in [3.63, 3.8) is 0 Å². The van der Waals surface area contributed by atoms with E-state index in [4.69, 9.17) is 9.47 Å². The van der Waals surface area contributed by atoms with Crippen LogP contribution in [0.1, 0.15) is 54.9 Å². The number of esters is 1. The monoisotopic (exact) mass is 381 g/mol. The zero-order chi connectivity index (χ0) is 19.8. The van der Waals surface area contributed by atoms with Crippen LogP contribution in [-0.4, -0.2) is 24.1 Å². The molecule has 1 N–H and O–H groups in total. The van der Waals surface area contributed by atoms with Gasteiger partial charge in [-0.1, -0.05) is 36.8 Å². The first-order valence-corrected chi connectivity index (χ1v) is 9.91. The van der Waals surface area contributed by atoms with E-state index in [9.17, 15) is 9.59 Å². The molecule has 2 aromatic carbocycles. The van der Waals surface area contributed by atoms with Gasteiger partial charge in [0.15, 0.2) is 6.10 Å². The van der Waals surface area contributed by atoms with Crippen LogP contribution in [0.15, 0.2) is 54.6 Å². The smallest absolute Gasteiger partial charge is 0.347 e. The van der Waals surface area contributed by atoms with Gasteiger partial charge in [0, 0.05) is 12.1 Å². The molecule has 5 heteroatoms. The van der Waals surface area contributed by atoms with Crippen molar-refractivity contribution >= 4 is 11.9 Å². The number of ether oxygens (including phenoxy) is 2. The Morgan fingerprint density at radius 1 is 1.00 bits per heavy atom. The molecule has 1 saturated carbocycles. The lowest BCUT2D eigenvalue weighted by molar-refractivity contribution is -0.158. The number of carbonyl (C=O) groups excluding carboxylic acids is 2. The molecule has 0 radical (unpaired) electrons. The molecule has 0 bridgehead atoms. The molecule has 0 unspecified atom stereocenters. The third kappa shape index (κ3) is 5.84. The average Bonchev–Trinajstić information content (AvgIpc) is 2.74. The van der Waals surface area contributed by atoms with Gasteiger partial charge in [0.05, 0.1) is 0 Å². The van der Waals surface area contributed by atoms with Crippen LogP contribution in [0, 0.1) is 0 Å². The van der Waals surface area contributed by atoms with Crippen molar-refractivity contribution in [2.24, 2.45) is 0 Å². The lowest BCUT2D eigenvalue weighted by Crippen LogP contribution is -2.31. The van der Waals surface area contributed by atoms with E-state index in [0.717, 1.165) is 31.2 Å². The van der Waals surface area contributed by atoms with E-state index in [2.05, 4.69) is 5.32 Å². The molecular weight excluding hydrogens is 354 g/mol.